The third-order valence-corrected chi connectivity index (χ3v) is 3.29. The molecule has 90 valence electrons. The van der Waals surface area contributed by atoms with Gasteiger partial charge in [-0.05, 0) is 43.7 Å². The molecular formula is C13H10BrN3O. The van der Waals surface area contributed by atoms with Crippen molar-refractivity contribution in [3.05, 3.63) is 55.9 Å². The third-order valence-electron chi connectivity index (χ3n) is 2.76. The summed E-state index contributed by atoms with van der Waals surface area (Å²) in [7, 11) is 0. The van der Waals surface area contributed by atoms with Crippen molar-refractivity contribution in [2.45, 2.75) is 13.8 Å². The quantitative estimate of drug-likeness (QED) is 0.813. The van der Waals surface area contributed by atoms with Crippen molar-refractivity contribution in [1.82, 2.24) is 9.78 Å². The first-order valence-corrected chi connectivity index (χ1v) is 6.10. The molecule has 0 saturated heterocycles. The Morgan fingerprint density at radius 3 is 2.44 bits per heavy atom. The van der Waals surface area contributed by atoms with Crippen LogP contribution in [-0.4, -0.2) is 9.78 Å². The largest absolute Gasteiger partial charge is 0.289 e. The third kappa shape index (κ3) is 2.07. The number of hydrogen-bond donors (Lipinski definition) is 0. The first-order chi connectivity index (χ1) is 8.54. The maximum absolute atomic E-state index is 12.1. The standard InChI is InChI=1S/C13H10BrN3O/c1-8-9(2)16-17(13(18)12(8)7-15)11-5-3-10(14)4-6-11/h3-6H,1-2H3. The second-order valence-corrected chi connectivity index (χ2v) is 4.81. The summed E-state index contributed by atoms with van der Waals surface area (Å²) in [6.07, 6.45) is 0. The molecule has 1 aromatic heterocycles. The van der Waals surface area contributed by atoms with Crippen LogP contribution >= 0.6 is 15.9 Å². The van der Waals surface area contributed by atoms with Crippen molar-refractivity contribution < 1.29 is 0 Å². The van der Waals surface area contributed by atoms with Crippen molar-refractivity contribution in [2.75, 3.05) is 0 Å². The number of nitrogens with zero attached hydrogens (tertiary/aromatic N) is 3. The Labute approximate surface area is 113 Å². The molecule has 0 atom stereocenters. The lowest BCUT2D eigenvalue weighted by atomic mass is 10.1. The van der Waals surface area contributed by atoms with Crippen molar-refractivity contribution in [3.63, 3.8) is 0 Å². The zero-order valence-electron chi connectivity index (χ0n) is 9.94. The Morgan fingerprint density at radius 1 is 1.28 bits per heavy atom. The summed E-state index contributed by atoms with van der Waals surface area (Å²) < 4.78 is 2.18. The summed E-state index contributed by atoms with van der Waals surface area (Å²) in [5.41, 5.74) is 1.71. The van der Waals surface area contributed by atoms with Crippen LogP contribution in [0.1, 0.15) is 16.8 Å². The van der Waals surface area contributed by atoms with Crippen LogP contribution in [-0.2, 0) is 0 Å². The molecule has 0 aliphatic heterocycles. The summed E-state index contributed by atoms with van der Waals surface area (Å²) in [5, 5.41) is 13.3. The first-order valence-electron chi connectivity index (χ1n) is 5.31. The van der Waals surface area contributed by atoms with Crippen molar-refractivity contribution in [3.8, 4) is 11.8 Å². The van der Waals surface area contributed by atoms with Gasteiger partial charge in [-0.25, -0.2) is 0 Å². The second kappa shape index (κ2) is 4.75. The highest BCUT2D eigenvalue weighted by Gasteiger charge is 2.12. The molecule has 0 aliphatic rings. The monoisotopic (exact) mass is 303 g/mol. The maximum Gasteiger partial charge on any atom is 0.289 e. The molecule has 0 bridgehead atoms. The average Bonchev–Trinajstić information content (AvgIpc) is 2.36. The molecule has 0 fully saturated rings. The van der Waals surface area contributed by atoms with E-state index in [0.29, 0.717) is 16.9 Å². The van der Waals surface area contributed by atoms with Gasteiger partial charge in [0.25, 0.3) is 5.56 Å². The molecule has 2 aromatic rings. The van der Waals surface area contributed by atoms with Gasteiger partial charge in [-0.15, -0.1) is 0 Å². The van der Waals surface area contributed by atoms with Crippen LogP contribution in [0.25, 0.3) is 5.69 Å². The van der Waals surface area contributed by atoms with E-state index >= 15 is 0 Å². The zero-order chi connectivity index (χ0) is 13.3. The Morgan fingerprint density at radius 2 is 1.89 bits per heavy atom. The van der Waals surface area contributed by atoms with Crippen LogP contribution in [0.5, 0.6) is 0 Å². The molecule has 2 rings (SSSR count). The van der Waals surface area contributed by atoms with Gasteiger partial charge in [0.2, 0.25) is 0 Å². The van der Waals surface area contributed by atoms with E-state index in [1.54, 1.807) is 26.0 Å². The Kier molecular flexibility index (Phi) is 3.30. The van der Waals surface area contributed by atoms with Gasteiger partial charge >= 0.3 is 0 Å². The highest BCUT2D eigenvalue weighted by molar-refractivity contribution is 9.10. The Balaban J connectivity index is 2.74. The lowest BCUT2D eigenvalue weighted by Gasteiger charge is -2.08. The number of rotatable bonds is 1. The van der Waals surface area contributed by atoms with Crippen LogP contribution in [0.15, 0.2) is 33.5 Å². The predicted octanol–water partition coefficient (Wildman–Crippen LogP) is 2.48. The van der Waals surface area contributed by atoms with Crippen LogP contribution in [0.4, 0.5) is 0 Å². The molecule has 0 aliphatic carbocycles. The molecule has 5 heteroatoms. The summed E-state index contributed by atoms with van der Waals surface area (Å²) in [6.45, 7) is 3.51. The van der Waals surface area contributed by atoms with E-state index in [-0.39, 0.29) is 11.1 Å². The summed E-state index contributed by atoms with van der Waals surface area (Å²) in [4.78, 5) is 12.1. The molecule has 0 N–H and O–H groups in total. The molecule has 1 aromatic carbocycles. The van der Waals surface area contributed by atoms with E-state index in [0.717, 1.165) is 4.47 Å². The van der Waals surface area contributed by atoms with Gasteiger partial charge in [0.05, 0.1) is 11.4 Å². The van der Waals surface area contributed by atoms with E-state index in [1.165, 1.54) is 4.68 Å². The van der Waals surface area contributed by atoms with E-state index < -0.39 is 0 Å². The van der Waals surface area contributed by atoms with Gasteiger partial charge in [0, 0.05) is 4.47 Å². The average molecular weight is 304 g/mol. The second-order valence-electron chi connectivity index (χ2n) is 3.89. The number of hydrogen-bond acceptors (Lipinski definition) is 3. The van der Waals surface area contributed by atoms with Crippen LogP contribution in [0, 0.1) is 25.2 Å². The Bertz CT molecular complexity index is 696. The molecule has 0 radical (unpaired) electrons. The summed E-state index contributed by atoms with van der Waals surface area (Å²) in [5.74, 6) is 0. The van der Waals surface area contributed by atoms with E-state index in [9.17, 15) is 4.79 Å². The number of aromatic nitrogens is 2. The minimum atomic E-state index is -0.386. The molecule has 0 unspecified atom stereocenters. The summed E-state index contributed by atoms with van der Waals surface area (Å²) >= 11 is 3.33. The van der Waals surface area contributed by atoms with E-state index in [2.05, 4.69) is 21.0 Å². The lowest BCUT2D eigenvalue weighted by Crippen LogP contribution is -2.26. The molecule has 0 saturated carbocycles. The maximum atomic E-state index is 12.1. The predicted molar refractivity (Wildman–Crippen MR) is 71.7 cm³/mol. The number of nitriles is 1. The van der Waals surface area contributed by atoms with Gasteiger partial charge in [0.1, 0.15) is 11.6 Å². The fourth-order valence-corrected chi connectivity index (χ4v) is 1.87. The minimum absolute atomic E-state index is 0.144. The van der Waals surface area contributed by atoms with Gasteiger partial charge in [-0.3, -0.25) is 4.79 Å². The van der Waals surface area contributed by atoms with Crippen molar-refractivity contribution in [1.29, 1.82) is 5.26 Å². The topological polar surface area (TPSA) is 58.7 Å². The van der Waals surface area contributed by atoms with Crippen molar-refractivity contribution in [2.24, 2.45) is 0 Å². The lowest BCUT2D eigenvalue weighted by molar-refractivity contribution is 0.773. The number of aryl methyl sites for hydroxylation is 1. The molecule has 0 spiro atoms. The Hall–Kier alpha value is -1.93. The van der Waals surface area contributed by atoms with Crippen molar-refractivity contribution >= 4 is 15.9 Å². The number of benzene rings is 1. The first kappa shape index (κ1) is 12.5. The fraction of sp³-hybridized carbons (Fsp3) is 0.154. The normalized spacial score (nSPS) is 10.1. The molecular weight excluding hydrogens is 294 g/mol. The molecule has 1 heterocycles. The van der Waals surface area contributed by atoms with E-state index in [4.69, 9.17) is 5.26 Å². The molecule has 0 amide bonds. The van der Waals surface area contributed by atoms with Gasteiger partial charge < -0.3 is 0 Å². The molecule has 4 nitrogen and oxygen atoms in total. The zero-order valence-corrected chi connectivity index (χ0v) is 11.5. The highest BCUT2D eigenvalue weighted by atomic mass is 79.9. The highest BCUT2D eigenvalue weighted by Crippen LogP contribution is 2.13. The van der Waals surface area contributed by atoms with Crippen LogP contribution in [0.2, 0.25) is 0 Å². The SMILES string of the molecule is Cc1nn(-c2ccc(Br)cc2)c(=O)c(C#N)c1C. The van der Waals surface area contributed by atoms with Gasteiger partial charge in [-0.1, -0.05) is 15.9 Å². The van der Waals surface area contributed by atoms with E-state index in [1.807, 2.05) is 18.2 Å². The van der Waals surface area contributed by atoms with Crippen LogP contribution < -0.4 is 5.56 Å². The summed E-state index contributed by atoms with van der Waals surface area (Å²) in [6, 6.07) is 9.14. The van der Waals surface area contributed by atoms with Crippen LogP contribution in [0.3, 0.4) is 0 Å². The smallest absolute Gasteiger partial charge is 0.266 e. The minimum Gasteiger partial charge on any atom is -0.266 e. The number of halogens is 1. The van der Waals surface area contributed by atoms with Gasteiger partial charge in [0.15, 0.2) is 0 Å². The molecule has 18 heavy (non-hydrogen) atoms. The van der Waals surface area contributed by atoms with Gasteiger partial charge in [-0.2, -0.15) is 15.0 Å². The fourth-order valence-electron chi connectivity index (χ4n) is 1.61.